The van der Waals surface area contributed by atoms with E-state index in [1.54, 1.807) is 41.3 Å². The number of halogens is 2. The second-order valence-corrected chi connectivity index (χ2v) is 11.6. The molecular formula is C27H29Cl2N5O5S. The second kappa shape index (κ2) is 12.2. The monoisotopic (exact) mass is 605 g/mol. The molecule has 0 saturated heterocycles. The van der Waals surface area contributed by atoms with Gasteiger partial charge in [0.25, 0.3) is 0 Å². The van der Waals surface area contributed by atoms with Crippen LogP contribution >= 0.6 is 23.2 Å². The molecule has 0 radical (unpaired) electrons. The van der Waals surface area contributed by atoms with Crippen LogP contribution in [0.15, 0.2) is 81.6 Å². The summed E-state index contributed by atoms with van der Waals surface area (Å²) >= 11 is 12.3. The van der Waals surface area contributed by atoms with Crippen molar-refractivity contribution in [1.82, 2.24) is 0 Å². The Hall–Kier alpha value is -3.67. The summed E-state index contributed by atoms with van der Waals surface area (Å²) in [7, 11) is -3.98. The van der Waals surface area contributed by atoms with Crippen molar-refractivity contribution in [1.29, 1.82) is 0 Å². The summed E-state index contributed by atoms with van der Waals surface area (Å²) in [6, 6.07) is 17.4. The molecule has 10 nitrogen and oxygen atoms in total. The fourth-order valence-electron chi connectivity index (χ4n) is 3.94. The Kier molecular flexibility index (Phi) is 8.97. The van der Waals surface area contributed by atoms with Crippen molar-refractivity contribution in [3.63, 3.8) is 0 Å². The summed E-state index contributed by atoms with van der Waals surface area (Å²) in [5.74, 6) is 1.61. The van der Waals surface area contributed by atoms with Gasteiger partial charge in [0, 0.05) is 10.7 Å². The van der Waals surface area contributed by atoms with E-state index >= 15 is 0 Å². The predicted molar refractivity (Wildman–Crippen MR) is 157 cm³/mol. The lowest BCUT2D eigenvalue weighted by Crippen LogP contribution is -2.54. The molecule has 3 aromatic carbocycles. The van der Waals surface area contributed by atoms with E-state index < -0.39 is 15.8 Å². The van der Waals surface area contributed by atoms with E-state index in [0.29, 0.717) is 53.3 Å². The first-order chi connectivity index (χ1) is 18.9. The quantitative estimate of drug-likeness (QED) is 0.225. The van der Waals surface area contributed by atoms with Gasteiger partial charge in [0.05, 0.1) is 18.2 Å². The number of hydrogen-bond donors (Lipinski definition) is 2. The molecule has 4 rings (SSSR count). The second-order valence-electron chi connectivity index (χ2n) is 9.25. The van der Waals surface area contributed by atoms with E-state index in [-0.39, 0.29) is 22.6 Å². The standard InChI is InChI=1S/C27H29Cl2N5O5S/c1-27(2)33-25(30)32-26(31)34(27)19-7-14-24(23(29)17-19)38-16-4-3-15-37-20-10-12-22(13-11-20)40(35,36)39-21-8-5-18(28)6-9-21/h5-14,17H,3-4,15-16H2,1-2H3,(H4,30,31,32,33). The molecule has 0 saturated carbocycles. The molecule has 0 unspecified atom stereocenters. The Balaban J connectivity index is 1.22. The zero-order valence-electron chi connectivity index (χ0n) is 21.9. The predicted octanol–water partition coefficient (Wildman–Crippen LogP) is 5.18. The first kappa shape index (κ1) is 29.3. The maximum absolute atomic E-state index is 12.5. The van der Waals surface area contributed by atoms with Crippen LogP contribution in [-0.4, -0.2) is 39.2 Å². The number of nitrogens with two attached hydrogens (primary N) is 2. The minimum atomic E-state index is -3.98. The maximum Gasteiger partial charge on any atom is 0.339 e. The van der Waals surface area contributed by atoms with Gasteiger partial charge in [-0.1, -0.05) is 23.2 Å². The number of unbranched alkanes of at least 4 members (excludes halogenated alkanes) is 1. The van der Waals surface area contributed by atoms with Gasteiger partial charge in [-0.25, -0.2) is 4.99 Å². The van der Waals surface area contributed by atoms with Crippen molar-refractivity contribution in [2.24, 2.45) is 21.5 Å². The topological polar surface area (TPSA) is 142 Å². The fraction of sp³-hybridized carbons (Fsp3) is 0.259. The van der Waals surface area contributed by atoms with Crippen molar-refractivity contribution in [2.45, 2.75) is 37.2 Å². The summed E-state index contributed by atoms with van der Waals surface area (Å²) in [5.41, 5.74) is 11.8. The number of anilines is 1. The van der Waals surface area contributed by atoms with Gasteiger partial charge in [0.2, 0.25) is 11.9 Å². The van der Waals surface area contributed by atoms with Crippen LogP contribution in [0.2, 0.25) is 10.0 Å². The van der Waals surface area contributed by atoms with Crippen LogP contribution in [0, 0.1) is 0 Å². The van der Waals surface area contributed by atoms with Crippen LogP contribution in [0.5, 0.6) is 17.2 Å². The molecule has 0 spiro atoms. The minimum Gasteiger partial charge on any atom is -0.494 e. The number of guanidine groups is 2. The van der Waals surface area contributed by atoms with Crippen LogP contribution in [0.1, 0.15) is 26.7 Å². The van der Waals surface area contributed by atoms with E-state index in [2.05, 4.69) is 9.98 Å². The van der Waals surface area contributed by atoms with Gasteiger partial charge in [-0.3, -0.25) is 4.90 Å². The number of rotatable bonds is 11. The number of aliphatic imine (C=N–C) groups is 2. The molecule has 3 aromatic rings. The number of ether oxygens (including phenoxy) is 2. The molecule has 212 valence electrons. The average Bonchev–Trinajstić information content (AvgIpc) is 2.87. The van der Waals surface area contributed by atoms with Gasteiger partial charge in [-0.2, -0.15) is 13.4 Å². The lowest BCUT2D eigenvalue weighted by atomic mass is 10.1. The SMILES string of the molecule is CC1(C)N=C(N)N=C(N)N1c1ccc(OCCCCOc2ccc(S(=O)(=O)Oc3ccc(Cl)cc3)cc2)c(Cl)c1. The normalized spacial score (nSPS) is 14.8. The lowest BCUT2D eigenvalue weighted by molar-refractivity contribution is 0.266. The maximum atomic E-state index is 12.5. The molecular weight excluding hydrogens is 577 g/mol. The van der Waals surface area contributed by atoms with Crippen LogP contribution in [0.25, 0.3) is 0 Å². The van der Waals surface area contributed by atoms with Gasteiger partial charge >= 0.3 is 10.1 Å². The first-order valence-corrected chi connectivity index (χ1v) is 14.5. The number of hydrogen-bond acceptors (Lipinski definition) is 10. The molecule has 0 amide bonds. The van der Waals surface area contributed by atoms with Crippen molar-refractivity contribution in [3.8, 4) is 17.2 Å². The van der Waals surface area contributed by atoms with E-state index in [9.17, 15) is 8.42 Å². The third-order valence-electron chi connectivity index (χ3n) is 5.76. The molecule has 1 heterocycles. The highest BCUT2D eigenvalue weighted by molar-refractivity contribution is 7.87. The van der Waals surface area contributed by atoms with Gasteiger partial charge in [-0.15, -0.1) is 0 Å². The summed E-state index contributed by atoms with van der Waals surface area (Å²) in [6.07, 6.45) is 1.43. The Labute approximate surface area is 243 Å². The van der Waals surface area contributed by atoms with E-state index in [1.165, 1.54) is 24.3 Å². The highest BCUT2D eigenvalue weighted by Gasteiger charge is 2.33. The highest BCUT2D eigenvalue weighted by Crippen LogP contribution is 2.34. The van der Waals surface area contributed by atoms with Crippen molar-refractivity contribution < 1.29 is 22.1 Å². The molecule has 40 heavy (non-hydrogen) atoms. The molecule has 1 aliphatic heterocycles. The Morgan fingerprint density at radius 3 is 2.12 bits per heavy atom. The van der Waals surface area contributed by atoms with Crippen LogP contribution < -0.4 is 30.0 Å². The van der Waals surface area contributed by atoms with Crippen LogP contribution in [0.3, 0.4) is 0 Å². The molecule has 0 bridgehead atoms. The molecule has 0 aliphatic carbocycles. The summed E-state index contributed by atoms with van der Waals surface area (Å²) in [4.78, 5) is 10.1. The highest BCUT2D eigenvalue weighted by atomic mass is 35.5. The zero-order chi connectivity index (χ0) is 28.9. The molecule has 0 aromatic heterocycles. The van der Waals surface area contributed by atoms with Crippen molar-refractivity contribution in [3.05, 3.63) is 76.8 Å². The number of benzene rings is 3. The average molecular weight is 607 g/mol. The Morgan fingerprint density at radius 1 is 0.875 bits per heavy atom. The summed E-state index contributed by atoms with van der Waals surface area (Å²) < 4.78 is 41.7. The number of nitrogens with zero attached hydrogens (tertiary/aromatic N) is 3. The Morgan fingerprint density at radius 2 is 1.50 bits per heavy atom. The molecule has 1 aliphatic rings. The summed E-state index contributed by atoms with van der Waals surface area (Å²) in [6.45, 7) is 4.60. The summed E-state index contributed by atoms with van der Waals surface area (Å²) in [5, 5.41) is 0.909. The fourth-order valence-corrected chi connectivity index (χ4v) is 5.23. The largest absolute Gasteiger partial charge is 0.494 e. The smallest absolute Gasteiger partial charge is 0.339 e. The van der Waals surface area contributed by atoms with E-state index in [4.69, 9.17) is 48.3 Å². The molecule has 0 fully saturated rings. The van der Waals surface area contributed by atoms with E-state index in [0.717, 1.165) is 0 Å². The molecule has 4 N–H and O–H groups in total. The Bertz CT molecular complexity index is 1510. The third-order valence-corrected chi connectivity index (χ3v) is 7.57. The van der Waals surface area contributed by atoms with Gasteiger partial charge in [0.15, 0.2) is 0 Å². The van der Waals surface area contributed by atoms with Gasteiger partial charge < -0.3 is 25.1 Å². The van der Waals surface area contributed by atoms with E-state index in [1.807, 2.05) is 19.9 Å². The third kappa shape index (κ3) is 7.29. The van der Waals surface area contributed by atoms with Gasteiger partial charge in [-0.05, 0) is 93.4 Å². The van der Waals surface area contributed by atoms with Gasteiger partial charge in [0.1, 0.15) is 27.8 Å². The van der Waals surface area contributed by atoms with Crippen LogP contribution in [-0.2, 0) is 10.1 Å². The van der Waals surface area contributed by atoms with Crippen molar-refractivity contribution >= 4 is 50.9 Å². The zero-order valence-corrected chi connectivity index (χ0v) is 24.2. The first-order valence-electron chi connectivity index (χ1n) is 12.3. The van der Waals surface area contributed by atoms with Crippen molar-refractivity contribution in [2.75, 3.05) is 18.1 Å². The van der Waals surface area contributed by atoms with Crippen LogP contribution in [0.4, 0.5) is 5.69 Å². The molecule has 0 atom stereocenters. The lowest BCUT2D eigenvalue weighted by Gasteiger charge is -2.38. The molecule has 13 heteroatoms. The minimum absolute atomic E-state index is 0.0155.